The van der Waals surface area contributed by atoms with Gasteiger partial charge in [0.05, 0.1) is 0 Å². The second-order valence-corrected chi connectivity index (χ2v) is 4.31. The number of hydrogen-bond acceptors (Lipinski definition) is 1. The highest BCUT2D eigenvalue weighted by atomic mass is 14.6. The largest absolute Gasteiger partial charge is 0.327 e. The second kappa shape index (κ2) is 7.24. The Labute approximate surface area is 99.4 Å². The van der Waals surface area contributed by atoms with Crippen LogP contribution in [0.25, 0.3) is 0 Å². The molecule has 16 heavy (non-hydrogen) atoms. The fourth-order valence-corrected chi connectivity index (χ4v) is 2.18. The summed E-state index contributed by atoms with van der Waals surface area (Å²) < 4.78 is 0. The maximum Gasteiger partial charge on any atom is 0.0108 e. The van der Waals surface area contributed by atoms with Crippen LogP contribution in [0.15, 0.2) is 43.0 Å². The van der Waals surface area contributed by atoms with Crippen LogP contribution in [0.4, 0.5) is 0 Å². The van der Waals surface area contributed by atoms with Crippen LogP contribution in [-0.4, -0.2) is 6.04 Å². The molecule has 0 fully saturated rings. The summed E-state index contributed by atoms with van der Waals surface area (Å²) in [6.07, 6.45) is 6.38. The molecule has 0 amide bonds. The first-order chi connectivity index (χ1) is 7.79. The average molecular weight is 217 g/mol. The van der Waals surface area contributed by atoms with E-state index in [1.807, 2.05) is 6.08 Å². The van der Waals surface area contributed by atoms with Crippen LogP contribution >= 0.6 is 0 Å². The number of unbranched alkanes of at least 4 members (excludes halogenated alkanes) is 1. The zero-order chi connectivity index (χ0) is 11.8. The molecule has 2 unspecified atom stereocenters. The summed E-state index contributed by atoms with van der Waals surface area (Å²) in [4.78, 5) is 0. The van der Waals surface area contributed by atoms with E-state index in [-0.39, 0.29) is 6.04 Å². The van der Waals surface area contributed by atoms with E-state index in [2.05, 4.69) is 43.8 Å². The van der Waals surface area contributed by atoms with Gasteiger partial charge < -0.3 is 5.73 Å². The summed E-state index contributed by atoms with van der Waals surface area (Å²) >= 11 is 0. The van der Waals surface area contributed by atoms with Crippen molar-refractivity contribution in [3.8, 4) is 0 Å². The Hall–Kier alpha value is -1.08. The van der Waals surface area contributed by atoms with Gasteiger partial charge in [0, 0.05) is 6.04 Å². The van der Waals surface area contributed by atoms with Gasteiger partial charge in [0.25, 0.3) is 0 Å². The lowest BCUT2D eigenvalue weighted by atomic mass is 9.87. The van der Waals surface area contributed by atoms with Crippen molar-refractivity contribution in [2.45, 2.75) is 44.6 Å². The summed E-state index contributed by atoms with van der Waals surface area (Å²) in [6.45, 7) is 5.95. The minimum Gasteiger partial charge on any atom is -0.327 e. The van der Waals surface area contributed by atoms with E-state index in [9.17, 15) is 0 Å². The zero-order valence-electron chi connectivity index (χ0n) is 10.2. The van der Waals surface area contributed by atoms with Crippen molar-refractivity contribution in [3.63, 3.8) is 0 Å². The Morgan fingerprint density at radius 3 is 2.56 bits per heavy atom. The molecule has 2 atom stereocenters. The first-order valence-corrected chi connectivity index (χ1v) is 6.21. The summed E-state index contributed by atoms with van der Waals surface area (Å²) in [5.41, 5.74) is 7.64. The number of rotatable bonds is 7. The van der Waals surface area contributed by atoms with Gasteiger partial charge >= 0.3 is 0 Å². The minimum absolute atomic E-state index is 0.271. The molecule has 0 saturated carbocycles. The summed E-state index contributed by atoms with van der Waals surface area (Å²) in [5.74, 6) is 0.492. The summed E-state index contributed by atoms with van der Waals surface area (Å²) in [6, 6.07) is 10.9. The molecule has 0 spiro atoms. The molecule has 88 valence electrons. The van der Waals surface area contributed by atoms with Crippen molar-refractivity contribution >= 4 is 0 Å². The minimum atomic E-state index is 0.271. The first-order valence-electron chi connectivity index (χ1n) is 6.21. The second-order valence-electron chi connectivity index (χ2n) is 4.31. The number of benzene rings is 1. The Morgan fingerprint density at radius 1 is 1.31 bits per heavy atom. The SMILES string of the molecule is C=CCCCC(N)C(CC)c1ccccc1. The molecule has 1 aromatic rings. The van der Waals surface area contributed by atoms with E-state index in [0.717, 1.165) is 25.7 Å². The Kier molecular flexibility index (Phi) is 5.87. The normalized spacial score (nSPS) is 14.4. The molecular formula is C15H23N. The van der Waals surface area contributed by atoms with E-state index >= 15 is 0 Å². The monoisotopic (exact) mass is 217 g/mol. The third-order valence-corrected chi connectivity index (χ3v) is 3.13. The highest BCUT2D eigenvalue weighted by molar-refractivity contribution is 5.20. The van der Waals surface area contributed by atoms with Gasteiger partial charge in [-0.25, -0.2) is 0 Å². The Morgan fingerprint density at radius 2 is 2.00 bits per heavy atom. The lowest BCUT2D eigenvalue weighted by Crippen LogP contribution is -2.28. The number of hydrogen-bond donors (Lipinski definition) is 1. The molecule has 2 N–H and O–H groups in total. The predicted octanol–water partition coefficient (Wildman–Crippen LogP) is 3.86. The predicted molar refractivity (Wildman–Crippen MR) is 71.5 cm³/mol. The summed E-state index contributed by atoms with van der Waals surface area (Å²) in [5, 5.41) is 0. The molecule has 0 saturated heterocycles. The molecule has 0 bridgehead atoms. The van der Waals surface area contributed by atoms with Gasteiger partial charge in [0.15, 0.2) is 0 Å². The standard InChI is InChI=1S/C15H23N/c1-3-5-7-12-15(16)14(4-2)13-10-8-6-9-11-13/h3,6,8-11,14-15H,1,4-5,7,12,16H2,2H3. The molecule has 1 heteroatoms. The summed E-state index contributed by atoms with van der Waals surface area (Å²) in [7, 11) is 0. The van der Waals surface area contributed by atoms with Crippen LogP contribution in [0, 0.1) is 0 Å². The van der Waals surface area contributed by atoms with Crippen molar-refractivity contribution in [2.75, 3.05) is 0 Å². The third-order valence-electron chi connectivity index (χ3n) is 3.13. The fraction of sp³-hybridized carbons (Fsp3) is 0.467. The first kappa shape index (κ1) is 13.0. The van der Waals surface area contributed by atoms with Gasteiger partial charge in [-0.2, -0.15) is 0 Å². The van der Waals surface area contributed by atoms with Crippen molar-refractivity contribution in [2.24, 2.45) is 5.73 Å². The molecule has 0 heterocycles. The van der Waals surface area contributed by atoms with Crippen LogP contribution in [-0.2, 0) is 0 Å². The highest BCUT2D eigenvalue weighted by Gasteiger charge is 2.16. The lowest BCUT2D eigenvalue weighted by Gasteiger charge is -2.23. The topological polar surface area (TPSA) is 26.0 Å². The van der Waals surface area contributed by atoms with E-state index in [4.69, 9.17) is 5.73 Å². The average Bonchev–Trinajstić information content (AvgIpc) is 2.32. The van der Waals surface area contributed by atoms with E-state index in [1.165, 1.54) is 5.56 Å². The number of allylic oxidation sites excluding steroid dienone is 1. The molecule has 1 nitrogen and oxygen atoms in total. The molecule has 1 rings (SSSR count). The number of nitrogens with two attached hydrogens (primary N) is 1. The van der Waals surface area contributed by atoms with Crippen LogP contribution in [0.2, 0.25) is 0 Å². The zero-order valence-corrected chi connectivity index (χ0v) is 10.2. The van der Waals surface area contributed by atoms with E-state index in [1.54, 1.807) is 0 Å². The molecule has 1 aromatic carbocycles. The van der Waals surface area contributed by atoms with Gasteiger partial charge in [-0.1, -0.05) is 43.3 Å². The van der Waals surface area contributed by atoms with Gasteiger partial charge in [-0.15, -0.1) is 6.58 Å². The third kappa shape index (κ3) is 3.82. The van der Waals surface area contributed by atoms with Gasteiger partial charge in [0.1, 0.15) is 0 Å². The molecule has 0 aliphatic rings. The molecule has 0 aliphatic carbocycles. The maximum absolute atomic E-state index is 6.27. The highest BCUT2D eigenvalue weighted by Crippen LogP contribution is 2.24. The molecular weight excluding hydrogens is 194 g/mol. The van der Waals surface area contributed by atoms with Crippen LogP contribution < -0.4 is 5.73 Å². The fourth-order valence-electron chi connectivity index (χ4n) is 2.18. The van der Waals surface area contributed by atoms with Crippen LogP contribution in [0.3, 0.4) is 0 Å². The Balaban J connectivity index is 2.56. The van der Waals surface area contributed by atoms with E-state index in [0.29, 0.717) is 5.92 Å². The molecule has 0 aliphatic heterocycles. The van der Waals surface area contributed by atoms with Crippen molar-refractivity contribution in [3.05, 3.63) is 48.6 Å². The van der Waals surface area contributed by atoms with Crippen molar-refractivity contribution in [1.82, 2.24) is 0 Å². The van der Waals surface area contributed by atoms with Crippen molar-refractivity contribution in [1.29, 1.82) is 0 Å². The Bertz CT molecular complexity index is 292. The smallest absolute Gasteiger partial charge is 0.0108 e. The maximum atomic E-state index is 6.27. The lowest BCUT2D eigenvalue weighted by molar-refractivity contribution is 0.476. The van der Waals surface area contributed by atoms with E-state index < -0.39 is 0 Å². The van der Waals surface area contributed by atoms with Gasteiger partial charge in [-0.05, 0) is 37.2 Å². The molecule has 0 aromatic heterocycles. The molecule has 0 radical (unpaired) electrons. The van der Waals surface area contributed by atoms with Gasteiger partial charge in [0.2, 0.25) is 0 Å². The van der Waals surface area contributed by atoms with Crippen molar-refractivity contribution < 1.29 is 0 Å². The van der Waals surface area contributed by atoms with Crippen LogP contribution in [0.5, 0.6) is 0 Å². The quantitative estimate of drug-likeness (QED) is 0.544. The van der Waals surface area contributed by atoms with Gasteiger partial charge in [-0.3, -0.25) is 0 Å². The van der Waals surface area contributed by atoms with Crippen LogP contribution in [0.1, 0.15) is 44.1 Å².